The third-order valence-electron chi connectivity index (χ3n) is 4.09. The molecule has 5 nitrogen and oxygen atoms in total. The summed E-state index contributed by atoms with van der Waals surface area (Å²) in [5, 5.41) is 13.6. The molecule has 3 rings (SSSR count). The van der Waals surface area contributed by atoms with E-state index < -0.39 is 0 Å². The number of benzene rings is 1. The smallest absolute Gasteiger partial charge is 0.169 e. The van der Waals surface area contributed by atoms with Crippen molar-refractivity contribution in [3.05, 3.63) is 29.2 Å². The molecule has 0 bridgehead atoms. The van der Waals surface area contributed by atoms with Gasteiger partial charge in [0, 0.05) is 11.1 Å². The van der Waals surface area contributed by atoms with Crippen LogP contribution in [-0.2, 0) is 6.42 Å². The Balaban J connectivity index is 1.84. The fraction of sp³-hybridized carbons (Fsp3) is 0.444. The first kappa shape index (κ1) is 18.1. The van der Waals surface area contributed by atoms with E-state index in [1.165, 1.54) is 5.56 Å². The number of anilines is 1. The number of nitrogens with two attached hydrogens (primary N) is 1. The van der Waals surface area contributed by atoms with Crippen LogP contribution >= 0.6 is 24.0 Å². The van der Waals surface area contributed by atoms with Crippen molar-refractivity contribution in [3.8, 4) is 5.75 Å². The van der Waals surface area contributed by atoms with Crippen LogP contribution in [0.3, 0.4) is 0 Å². The van der Waals surface area contributed by atoms with Crippen molar-refractivity contribution in [1.82, 2.24) is 10.2 Å². The summed E-state index contributed by atoms with van der Waals surface area (Å²) in [7, 11) is 0. The zero-order valence-electron chi connectivity index (χ0n) is 14.5. The number of hydrogen-bond donors (Lipinski definition) is 3. The molecule has 0 saturated heterocycles. The van der Waals surface area contributed by atoms with Crippen LogP contribution in [0.1, 0.15) is 25.8 Å². The minimum absolute atomic E-state index is 0.204. The summed E-state index contributed by atoms with van der Waals surface area (Å²) in [6.07, 6.45) is 4.26. The summed E-state index contributed by atoms with van der Waals surface area (Å²) in [4.78, 5) is 0. The highest BCUT2D eigenvalue weighted by atomic mass is 32.2. The monoisotopic (exact) mass is 376 g/mol. The predicted molar refractivity (Wildman–Crippen MR) is 110 cm³/mol. The molecule has 1 atom stereocenters. The number of thioether (sulfide) groups is 1. The zero-order valence-corrected chi connectivity index (χ0v) is 16.2. The van der Waals surface area contributed by atoms with E-state index in [0.29, 0.717) is 24.3 Å². The van der Waals surface area contributed by atoms with Crippen molar-refractivity contribution in [2.75, 3.05) is 17.7 Å². The van der Waals surface area contributed by atoms with Gasteiger partial charge in [-0.2, -0.15) is 5.10 Å². The number of ether oxygens (including phenoxy) is 1. The number of fused-ring (bicyclic) bond motifs is 1. The quantitative estimate of drug-likeness (QED) is 0.633. The molecule has 1 aromatic heterocycles. The fourth-order valence-corrected chi connectivity index (χ4v) is 4.03. The average molecular weight is 377 g/mol. The largest absolute Gasteiger partial charge is 0.491 e. The van der Waals surface area contributed by atoms with Crippen LogP contribution in [0.2, 0.25) is 0 Å². The van der Waals surface area contributed by atoms with Gasteiger partial charge in [-0.25, -0.2) is 0 Å². The van der Waals surface area contributed by atoms with Gasteiger partial charge in [-0.05, 0) is 60.0 Å². The van der Waals surface area contributed by atoms with Crippen molar-refractivity contribution in [3.63, 3.8) is 0 Å². The number of nitrogens with one attached hydrogen (secondary N) is 2. The topological polar surface area (TPSA) is 76.0 Å². The van der Waals surface area contributed by atoms with Crippen LogP contribution in [-0.4, -0.2) is 27.7 Å². The number of aromatic amines is 1. The molecular formula is C18H24N4OS2. The summed E-state index contributed by atoms with van der Waals surface area (Å²) < 4.78 is 6.12. The Hall–Kier alpha value is -1.73. The average Bonchev–Trinajstić information content (AvgIpc) is 3.17. The van der Waals surface area contributed by atoms with Crippen LogP contribution in [0, 0.1) is 11.8 Å². The van der Waals surface area contributed by atoms with Gasteiger partial charge in [0.25, 0.3) is 0 Å². The number of allylic oxidation sites excluding steroid dienone is 1. The number of rotatable bonds is 7. The number of H-pyrrole nitrogens is 1. The Morgan fingerprint density at radius 1 is 1.52 bits per heavy atom. The molecule has 0 fully saturated rings. The Morgan fingerprint density at radius 3 is 3.04 bits per heavy atom. The van der Waals surface area contributed by atoms with Crippen molar-refractivity contribution in [2.24, 2.45) is 17.6 Å². The number of nitrogens with zero attached hydrogens (tertiary/aromatic N) is 1. The second-order valence-electron chi connectivity index (χ2n) is 6.74. The van der Waals surface area contributed by atoms with Crippen molar-refractivity contribution in [1.29, 1.82) is 0 Å². The molecule has 25 heavy (non-hydrogen) atoms. The van der Waals surface area contributed by atoms with Gasteiger partial charge in [-0.15, -0.1) is 11.8 Å². The molecule has 1 aliphatic rings. The summed E-state index contributed by atoms with van der Waals surface area (Å²) in [6, 6.07) is 4.24. The number of thiocarbonyl (C=S) groups is 1. The van der Waals surface area contributed by atoms with E-state index in [4.69, 9.17) is 22.7 Å². The van der Waals surface area contributed by atoms with Gasteiger partial charge in [0.1, 0.15) is 11.3 Å². The van der Waals surface area contributed by atoms with E-state index in [-0.39, 0.29) is 5.11 Å². The zero-order chi connectivity index (χ0) is 17.8. The predicted octanol–water partition coefficient (Wildman–Crippen LogP) is 4.06. The van der Waals surface area contributed by atoms with Crippen LogP contribution in [0.15, 0.2) is 23.6 Å². The van der Waals surface area contributed by atoms with Crippen LogP contribution in [0.4, 0.5) is 5.82 Å². The van der Waals surface area contributed by atoms with Gasteiger partial charge >= 0.3 is 0 Å². The van der Waals surface area contributed by atoms with Crippen molar-refractivity contribution >= 4 is 45.8 Å². The van der Waals surface area contributed by atoms with Gasteiger partial charge in [-0.3, -0.25) is 5.10 Å². The molecular weight excluding hydrogens is 352 g/mol. The van der Waals surface area contributed by atoms with E-state index >= 15 is 0 Å². The summed E-state index contributed by atoms with van der Waals surface area (Å²) in [5.41, 5.74) is 7.71. The molecule has 1 unspecified atom stereocenters. The molecule has 0 spiro atoms. The SMILES string of the molecule is CC(C)Cc1cc(OCCC2C=CSC2)c2[nH]nc(NC(N)=S)c2c1. The van der Waals surface area contributed by atoms with Gasteiger partial charge in [0.2, 0.25) is 0 Å². The Kier molecular flexibility index (Phi) is 5.86. The first-order valence-corrected chi connectivity index (χ1v) is 9.97. The second kappa shape index (κ2) is 8.10. The minimum Gasteiger partial charge on any atom is -0.491 e. The lowest BCUT2D eigenvalue weighted by molar-refractivity contribution is 0.300. The first-order chi connectivity index (χ1) is 12.0. The van der Waals surface area contributed by atoms with E-state index in [1.807, 2.05) is 11.8 Å². The molecule has 4 N–H and O–H groups in total. The molecule has 0 amide bonds. The van der Waals surface area contributed by atoms with Crippen LogP contribution in [0.25, 0.3) is 10.9 Å². The highest BCUT2D eigenvalue weighted by Crippen LogP contribution is 2.32. The van der Waals surface area contributed by atoms with Crippen LogP contribution in [0.5, 0.6) is 5.75 Å². The van der Waals surface area contributed by atoms with Gasteiger partial charge in [-0.1, -0.05) is 19.9 Å². The van der Waals surface area contributed by atoms with Gasteiger partial charge in [0.05, 0.1) is 6.61 Å². The third-order valence-corrected chi connectivity index (χ3v) is 5.16. The van der Waals surface area contributed by atoms with Crippen molar-refractivity contribution in [2.45, 2.75) is 26.7 Å². The molecule has 0 radical (unpaired) electrons. The van der Waals surface area contributed by atoms with Gasteiger partial charge in [0.15, 0.2) is 10.9 Å². The number of aromatic nitrogens is 2. The van der Waals surface area contributed by atoms with E-state index in [1.54, 1.807) is 0 Å². The Bertz CT molecular complexity index is 785. The summed E-state index contributed by atoms with van der Waals surface area (Å²) >= 11 is 6.81. The fourth-order valence-electron chi connectivity index (χ4n) is 2.96. The molecule has 1 aliphatic heterocycles. The Morgan fingerprint density at radius 2 is 2.36 bits per heavy atom. The molecule has 2 aromatic rings. The Labute approximate surface area is 157 Å². The molecule has 134 valence electrons. The number of hydrogen-bond acceptors (Lipinski definition) is 4. The maximum atomic E-state index is 6.12. The minimum atomic E-state index is 0.204. The lowest BCUT2D eigenvalue weighted by Gasteiger charge is -2.13. The maximum absolute atomic E-state index is 6.12. The maximum Gasteiger partial charge on any atom is 0.169 e. The highest BCUT2D eigenvalue weighted by Gasteiger charge is 2.15. The third kappa shape index (κ3) is 4.67. The lowest BCUT2D eigenvalue weighted by atomic mass is 10.0. The standard InChI is InChI=1S/C18H24N4OS2/c1-11(2)7-13-8-14-16(21-22-17(14)20-18(19)24)15(9-13)23-5-3-12-4-6-25-10-12/h4,6,8-9,11-12H,3,5,7,10H2,1-2H3,(H4,19,20,21,22,24). The molecule has 0 saturated carbocycles. The highest BCUT2D eigenvalue weighted by molar-refractivity contribution is 8.02. The van der Waals surface area contributed by atoms with Crippen molar-refractivity contribution < 1.29 is 4.74 Å². The second-order valence-corrected chi connectivity index (χ2v) is 8.11. The lowest BCUT2D eigenvalue weighted by Crippen LogP contribution is -2.19. The molecule has 0 aliphatic carbocycles. The molecule has 7 heteroatoms. The van der Waals surface area contributed by atoms with E-state index in [0.717, 1.165) is 35.2 Å². The summed E-state index contributed by atoms with van der Waals surface area (Å²) in [6.45, 7) is 5.10. The van der Waals surface area contributed by atoms with E-state index in [2.05, 4.69) is 53.0 Å². The van der Waals surface area contributed by atoms with E-state index in [9.17, 15) is 0 Å². The summed E-state index contributed by atoms with van der Waals surface area (Å²) in [5.74, 6) is 3.80. The normalized spacial score (nSPS) is 16.7. The first-order valence-electron chi connectivity index (χ1n) is 8.51. The van der Waals surface area contributed by atoms with Crippen LogP contribution < -0.4 is 15.8 Å². The molecule has 2 heterocycles. The molecule has 1 aromatic carbocycles. The van der Waals surface area contributed by atoms with Gasteiger partial charge < -0.3 is 15.8 Å².